The van der Waals surface area contributed by atoms with E-state index in [1.54, 1.807) is 12.1 Å². The van der Waals surface area contributed by atoms with E-state index in [9.17, 15) is 13.2 Å². The topological polar surface area (TPSA) is 101 Å². The van der Waals surface area contributed by atoms with Gasteiger partial charge in [0, 0.05) is 11.3 Å². The van der Waals surface area contributed by atoms with E-state index in [1.807, 2.05) is 19.9 Å². The van der Waals surface area contributed by atoms with Gasteiger partial charge in [-0.3, -0.25) is 10.1 Å². The van der Waals surface area contributed by atoms with Gasteiger partial charge in [0.2, 0.25) is 10.0 Å². The zero-order chi connectivity index (χ0) is 17.9. The molecule has 2 rings (SSSR count). The average Bonchev–Trinajstić information content (AvgIpc) is 2.45. The van der Waals surface area contributed by atoms with Gasteiger partial charge >= 0.3 is 0 Å². The van der Waals surface area contributed by atoms with Gasteiger partial charge < -0.3 is 5.32 Å². The molecule has 4 N–H and O–H groups in total. The van der Waals surface area contributed by atoms with E-state index in [4.69, 9.17) is 17.4 Å². The second-order valence-electron chi connectivity index (χ2n) is 5.35. The molecule has 0 bridgehead atoms. The Morgan fingerprint density at radius 2 is 1.58 bits per heavy atom. The van der Waals surface area contributed by atoms with Crippen molar-refractivity contribution in [2.45, 2.75) is 18.7 Å². The van der Waals surface area contributed by atoms with Crippen LogP contribution in [0.15, 0.2) is 47.4 Å². The number of carbonyl (C=O) groups excluding carboxylic acids is 1. The zero-order valence-corrected chi connectivity index (χ0v) is 14.8. The van der Waals surface area contributed by atoms with Gasteiger partial charge in [-0.25, -0.2) is 13.6 Å². The largest absolute Gasteiger partial charge is 0.332 e. The highest BCUT2D eigenvalue weighted by atomic mass is 32.2. The Hall–Kier alpha value is -2.29. The molecular weight excluding hydrogens is 346 g/mol. The summed E-state index contributed by atoms with van der Waals surface area (Å²) in [5.74, 6) is -0.319. The van der Waals surface area contributed by atoms with Crippen molar-refractivity contribution in [2.75, 3.05) is 5.32 Å². The van der Waals surface area contributed by atoms with Gasteiger partial charge in [0.25, 0.3) is 5.91 Å². The van der Waals surface area contributed by atoms with Crippen molar-refractivity contribution >= 4 is 38.9 Å². The molecule has 0 atom stereocenters. The monoisotopic (exact) mass is 363 g/mol. The van der Waals surface area contributed by atoms with Crippen LogP contribution in [-0.2, 0) is 10.0 Å². The van der Waals surface area contributed by atoms with Gasteiger partial charge in [-0.2, -0.15) is 0 Å². The van der Waals surface area contributed by atoms with E-state index >= 15 is 0 Å². The molecule has 126 valence electrons. The standard InChI is InChI=1S/C16H17N3O3S2/c1-10-7-11(2)9-12(8-10)15(20)19-16(23)18-13-3-5-14(6-4-13)24(17,21)22/h3-9H,1-2H3,(H2,17,21,22)(H2,18,19,20,23). The fraction of sp³-hybridized carbons (Fsp3) is 0.125. The number of amides is 1. The molecule has 0 aliphatic carbocycles. The van der Waals surface area contributed by atoms with Crippen LogP contribution in [0.25, 0.3) is 0 Å². The predicted molar refractivity (Wildman–Crippen MR) is 97.4 cm³/mol. The van der Waals surface area contributed by atoms with Crippen molar-refractivity contribution in [1.82, 2.24) is 5.32 Å². The Morgan fingerprint density at radius 3 is 2.08 bits per heavy atom. The molecule has 0 saturated heterocycles. The highest BCUT2D eigenvalue weighted by Gasteiger charge is 2.10. The smallest absolute Gasteiger partial charge is 0.257 e. The van der Waals surface area contributed by atoms with Crippen LogP contribution in [0.4, 0.5) is 5.69 Å². The fourth-order valence-electron chi connectivity index (χ4n) is 2.17. The molecule has 0 aliphatic heterocycles. The number of hydrogen-bond acceptors (Lipinski definition) is 4. The Bertz CT molecular complexity index is 871. The molecule has 0 unspecified atom stereocenters. The van der Waals surface area contributed by atoms with Crippen LogP contribution in [0, 0.1) is 13.8 Å². The average molecular weight is 363 g/mol. The number of nitrogens with one attached hydrogen (secondary N) is 2. The maximum absolute atomic E-state index is 12.2. The highest BCUT2D eigenvalue weighted by Crippen LogP contribution is 2.13. The van der Waals surface area contributed by atoms with Gasteiger partial charge in [0.1, 0.15) is 0 Å². The van der Waals surface area contributed by atoms with Gasteiger partial charge in [0.15, 0.2) is 5.11 Å². The molecule has 0 saturated carbocycles. The molecule has 0 heterocycles. The summed E-state index contributed by atoms with van der Waals surface area (Å²) >= 11 is 5.10. The lowest BCUT2D eigenvalue weighted by molar-refractivity contribution is 0.0977. The molecule has 2 aromatic rings. The molecule has 0 spiro atoms. The summed E-state index contributed by atoms with van der Waals surface area (Å²) in [6.45, 7) is 3.82. The van der Waals surface area contributed by atoms with Crippen LogP contribution < -0.4 is 15.8 Å². The summed E-state index contributed by atoms with van der Waals surface area (Å²) in [6, 6.07) is 11.2. The van der Waals surface area contributed by atoms with Crippen LogP contribution >= 0.6 is 12.2 Å². The maximum atomic E-state index is 12.2. The molecule has 24 heavy (non-hydrogen) atoms. The van der Waals surface area contributed by atoms with Crippen molar-refractivity contribution in [1.29, 1.82) is 0 Å². The minimum atomic E-state index is -3.74. The van der Waals surface area contributed by atoms with E-state index < -0.39 is 10.0 Å². The molecule has 0 aliphatic rings. The van der Waals surface area contributed by atoms with Gasteiger partial charge in [-0.15, -0.1) is 0 Å². The quantitative estimate of drug-likeness (QED) is 0.725. The highest BCUT2D eigenvalue weighted by molar-refractivity contribution is 7.89. The number of aryl methyl sites for hydroxylation is 2. The molecule has 0 fully saturated rings. The number of hydrogen-bond donors (Lipinski definition) is 3. The fourth-order valence-corrected chi connectivity index (χ4v) is 2.90. The van der Waals surface area contributed by atoms with Crippen molar-refractivity contribution < 1.29 is 13.2 Å². The first-order valence-electron chi connectivity index (χ1n) is 6.98. The van der Waals surface area contributed by atoms with Gasteiger partial charge in [-0.1, -0.05) is 17.2 Å². The second-order valence-corrected chi connectivity index (χ2v) is 7.32. The van der Waals surface area contributed by atoms with E-state index in [-0.39, 0.29) is 15.9 Å². The lowest BCUT2D eigenvalue weighted by atomic mass is 10.1. The van der Waals surface area contributed by atoms with Crippen molar-refractivity contribution in [3.8, 4) is 0 Å². The molecule has 1 amide bonds. The minimum Gasteiger partial charge on any atom is -0.332 e. The molecule has 6 nitrogen and oxygen atoms in total. The Labute approximate surface area is 146 Å². The Balaban J connectivity index is 2.04. The number of nitrogens with two attached hydrogens (primary N) is 1. The third kappa shape index (κ3) is 4.85. The van der Waals surface area contributed by atoms with Crippen LogP contribution in [0.3, 0.4) is 0 Å². The van der Waals surface area contributed by atoms with Crippen molar-refractivity contribution in [3.05, 3.63) is 59.2 Å². The lowest BCUT2D eigenvalue weighted by Gasteiger charge is -2.11. The summed E-state index contributed by atoms with van der Waals surface area (Å²) in [6.07, 6.45) is 0. The van der Waals surface area contributed by atoms with Crippen LogP contribution in [0.2, 0.25) is 0 Å². The summed E-state index contributed by atoms with van der Waals surface area (Å²) in [7, 11) is -3.74. The molecule has 0 radical (unpaired) electrons. The number of anilines is 1. The predicted octanol–water partition coefficient (Wildman–Crippen LogP) is 2.08. The van der Waals surface area contributed by atoms with E-state index in [0.29, 0.717) is 11.3 Å². The maximum Gasteiger partial charge on any atom is 0.257 e. The number of sulfonamides is 1. The van der Waals surface area contributed by atoms with Gasteiger partial charge in [-0.05, 0) is 62.5 Å². The number of carbonyl (C=O) groups is 1. The molecule has 0 aromatic heterocycles. The van der Waals surface area contributed by atoms with E-state index in [1.165, 1.54) is 24.3 Å². The first kappa shape index (κ1) is 18.1. The summed E-state index contributed by atoms with van der Waals surface area (Å²) in [5.41, 5.74) is 3.02. The molecule has 8 heteroatoms. The van der Waals surface area contributed by atoms with Gasteiger partial charge in [0.05, 0.1) is 4.90 Å². The van der Waals surface area contributed by atoms with E-state index in [0.717, 1.165) is 11.1 Å². The van der Waals surface area contributed by atoms with Crippen LogP contribution in [-0.4, -0.2) is 19.4 Å². The first-order chi connectivity index (χ1) is 11.1. The zero-order valence-electron chi connectivity index (χ0n) is 13.2. The van der Waals surface area contributed by atoms with E-state index in [2.05, 4.69) is 10.6 Å². The lowest BCUT2D eigenvalue weighted by Crippen LogP contribution is -2.34. The summed E-state index contributed by atoms with van der Waals surface area (Å²) in [5, 5.41) is 10.5. The molecular formula is C16H17N3O3S2. The van der Waals surface area contributed by atoms with Crippen LogP contribution in [0.1, 0.15) is 21.5 Å². The Morgan fingerprint density at radius 1 is 1.04 bits per heavy atom. The summed E-state index contributed by atoms with van der Waals surface area (Å²) in [4.78, 5) is 12.2. The number of benzene rings is 2. The van der Waals surface area contributed by atoms with Crippen LogP contribution in [0.5, 0.6) is 0 Å². The first-order valence-corrected chi connectivity index (χ1v) is 8.94. The van der Waals surface area contributed by atoms with Crippen molar-refractivity contribution in [2.24, 2.45) is 5.14 Å². The third-order valence-corrected chi connectivity index (χ3v) is 4.29. The van der Waals surface area contributed by atoms with Crippen molar-refractivity contribution in [3.63, 3.8) is 0 Å². The Kier molecular flexibility index (Phi) is 5.33. The SMILES string of the molecule is Cc1cc(C)cc(C(=O)NC(=S)Nc2ccc(S(N)(=O)=O)cc2)c1. The number of thiocarbonyl (C=S) groups is 1. The molecule has 2 aromatic carbocycles. The normalized spacial score (nSPS) is 11.0. The minimum absolute atomic E-state index is 0.00163. The number of rotatable bonds is 3. The second kappa shape index (κ2) is 7.08. The third-order valence-electron chi connectivity index (χ3n) is 3.15. The summed E-state index contributed by atoms with van der Waals surface area (Å²) < 4.78 is 22.4. The number of primary sulfonamides is 1.